The molecule has 3 rings (SSSR count). The molecular weight excluding hydrogens is 242 g/mol. The molecule has 0 aromatic carbocycles. The smallest absolute Gasteiger partial charge is 0.324 e. The van der Waals surface area contributed by atoms with Crippen LogP contribution in [0.4, 0.5) is 0 Å². The highest BCUT2D eigenvalue weighted by molar-refractivity contribution is 5.80. The van der Waals surface area contributed by atoms with Gasteiger partial charge in [-0.15, -0.1) is 0 Å². The molecule has 1 aromatic heterocycles. The second-order valence-corrected chi connectivity index (χ2v) is 5.87. The first-order valence-electron chi connectivity index (χ1n) is 7.17. The summed E-state index contributed by atoms with van der Waals surface area (Å²) in [5, 5.41) is 13.1. The predicted octanol–water partition coefficient (Wildman–Crippen LogP) is 1.65. The number of aryl methyl sites for hydroxylation is 1. The number of rotatable bonds is 6. The van der Waals surface area contributed by atoms with Crippen LogP contribution in [-0.2, 0) is 11.3 Å². The molecule has 0 radical (unpaired) electrons. The van der Waals surface area contributed by atoms with Gasteiger partial charge in [0.15, 0.2) is 0 Å². The monoisotopic (exact) mass is 263 g/mol. The van der Waals surface area contributed by atoms with Crippen molar-refractivity contribution in [3.8, 4) is 0 Å². The largest absolute Gasteiger partial charge is 0.480 e. The van der Waals surface area contributed by atoms with Gasteiger partial charge in [-0.05, 0) is 38.0 Å². The second-order valence-electron chi connectivity index (χ2n) is 5.87. The summed E-state index contributed by atoms with van der Waals surface area (Å²) >= 11 is 0. The molecule has 2 aliphatic rings. The fourth-order valence-electron chi connectivity index (χ4n) is 3.32. The first-order chi connectivity index (χ1) is 9.21. The molecule has 0 bridgehead atoms. The lowest BCUT2D eigenvalue weighted by Crippen LogP contribution is -2.55. The van der Waals surface area contributed by atoms with Crippen molar-refractivity contribution in [2.45, 2.75) is 56.7 Å². The molecular formula is C14H21N3O2. The van der Waals surface area contributed by atoms with Crippen molar-refractivity contribution in [3.63, 3.8) is 0 Å². The third-order valence-electron chi connectivity index (χ3n) is 4.54. The zero-order valence-corrected chi connectivity index (χ0v) is 11.1. The molecule has 2 fully saturated rings. The van der Waals surface area contributed by atoms with Crippen LogP contribution in [0.5, 0.6) is 0 Å². The summed E-state index contributed by atoms with van der Waals surface area (Å²) in [6.07, 6.45) is 11.5. The van der Waals surface area contributed by atoms with Gasteiger partial charge in [0.2, 0.25) is 0 Å². The second kappa shape index (κ2) is 4.96. The Morgan fingerprint density at radius 1 is 1.47 bits per heavy atom. The Kier molecular flexibility index (Phi) is 3.31. The molecule has 2 unspecified atom stereocenters. The molecule has 2 saturated carbocycles. The van der Waals surface area contributed by atoms with Crippen molar-refractivity contribution in [3.05, 3.63) is 18.7 Å². The molecule has 0 spiro atoms. The van der Waals surface area contributed by atoms with E-state index in [0.29, 0.717) is 6.04 Å². The SMILES string of the molecule is O=C(O)C1(NC2CC2)CCCC1CCn1ccnc1. The first kappa shape index (κ1) is 12.7. The van der Waals surface area contributed by atoms with Crippen LogP contribution in [0.1, 0.15) is 38.5 Å². The molecule has 2 aliphatic carbocycles. The number of aliphatic carboxylic acids is 1. The van der Waals surface area contributed by atoms with Crippen LogP contribution < -0.4 is 5.32 Å². The highest BCUT2D eigenvalue weighted by Gasteiger charge is 2.50. The summed E-state index contributed by atoms with van der Waals surface area (Å²) in [5.41, 5.74) is -0.679. The van der Waals surface area contributed by atoms with Crippen molar-refractivity contribution < 1.29 is 9.90 Å². The summed E-state index contributed by atoms with van der Waals surface area (Å²) in [4.78, 5) is 15.8. The maximum absolute atomic E-state index is 11.8. The van der Waals surface area contributed by atoms with Crippen molar-refractivity contribution in [1.82, 2.24) is 14.9 Å². The van der Waals surface area contributed by atoms with Gasteiger partial charge in [-0.3, -0.25) is 10.1 Å². The average Bonchev–Trinajstić information content (AvgIpc) is 2.90. The van der Waals surface area contributed by atoms with Crippen LogP contribution in [0.15, 0.2) is 18.7 Å². The van der Waals surface area contributed by atoms with E-state index in [-0.39, 0.29) is 5.92 Å². The number of aromatic nitrogens is 2. The van der Waals surface area contributed by atoms with Crippen LogP contribution in [0.25, 0.3) is 0 Å². The molecule has 5 heteroatoms. The molecule has 2 atom stereocenters. The number of carboxylic acids is 1. The molecule has 19 heavy (non-hydrogen) atoms. The molecule has 104 valence electrons. The van der Waals surface area contributed by atoms with Gasteiger partial charge in [0.05, 0.1) is 6.33 Å². The van der Waals surface area contributed by atoms with Crippen LogP contribution in [0.2, 0.25) is 0 Å². The van der Waals surface area contributed by atoms with E-state index in [9.17, 15) is 9.90 Å². The minimum absolute atomic E-state index is 0.230. The van der Waals surface area contributed by atoms with Gasteiger partial charge in [-0.2, -0.15) is 0 Å². The van der Waals surface area contributed by atoms with E-state index in [1.165, 1.54) is 0 Å². The summed E-state index contributed by atoms with van der Waals surface area (Å²) < 4.78 is 2.03. The number of nitrogens with one attached hydrogen (secondary N) is 1. The lowest BCUT2D eigenvalue weighted by Gasteiger charge is -2.33. The van der Waals surface area contributed by atoms with Gasteiger partial charge in [-0.1, -0.05) is 6.42 Å². The van der Waals surface area contributed by atoms with E-state index in [1.54, 1.807) is 12.5 Å². The number of hydrogen-bond donors (Lipinski definition) is 2. The molecule has 5 nitrogen and oxygen atoms in total. The van der Waals surface area contributed by atoms with Crippen molar-refractivity contribution in [2.24, 2.45) is 5.92 Å². The third kappa shape index (κ3) is 2.52. The van der Waals surface area contributed by atoms with Gasteiger partial charge >= 0.3 is 5.97 Å². The molecule has 2 N–H and O–H groups in total. The van der Waals surface area contributed by atoms with Gasteiger partial charge in [0, 0.05) is 25.0 Å². The van der Waals surface area contributed by atoms with Crippen LogP contribution >= 0.6 is 0 Å². The highest BCUT2D eigenvalue weighted by Crippen LogP contribution is 2.41. The van der Waals surface area contributed by atoms with E-state index in [2.05, 4.69) is 10.3 Å². The molecule has 0 saturated heterocycles. The Morgan fingerprint density at radius 3 is 2.95 bits per heavy atom. The zero-order valence-electron chi connectivity index (χ0n) is 11.1. The van der Waals surface area contributed by atoms with Gasteiger partial charge in [0.25, 0.3) is 0 Å². The quantitative estimate of drug-likeness (QED) is 0.819. The Labute approximate surface area is 113 Å². The van der Waals surface area contributed by atoms with Gasteiger partial charge < -0.3 is 9.67 Å². The van der Waals surface area contributed by atoms with Gasteiger partial charge in [-0.25, -0.2) is 4.98 Å². The lowest BCUT2D eigenvalue weighted by atomic mass is 9.84. The minimum Gasteiger partial charge on any atom is -0.480 e. The fourth-order valence-corrected chi connectivity index (χ4v) is 3.32. The van der Waals surface area contributed by atoms with E-state index < -0.39 is 11.5 Å². The van der Waals surface area contributed by atoms with Crippen LogP contribution in [0, 0.1) is 5.92 Å². The molecule has 1 aromatic rings. The van der Waals surface area contributed by atoms with Crippen LogP contribution in [-0.4, -0.2) is 32.2 Å². The Bertz CT molecular complexity index is 442. The summed E-state index contributed by atoms with van der Waals surface area (Å²) in [6.45, 7) is 0.853. The van der Waals surface area contributed by atoms with Crippen molar-refractivity contribution in [1.29, 1.82) is 0 Å². The van der Waals surface area contributed by atoms with E-state index >= 15 is 0 Å². The normalized spacial score (nSPS) is 30.6. The minimum atomic E-state index is -0.679. The zero-order chi connectivity index (χ0) is 13.3. The maximum Gasteiger partial charge on any atom is 0.324 e. The third-order valence-corrected chi connectivity index (χ3v) is 4.54. The maximum atomic E-state index is 11.8. The Hall–Kier alpha value is -1.36. The lowest BCUT2D eigenvalue weighted by molar-refractivity contribution is -0.147. The van der Waals surface area contributed by atoms with Crippen LogP contribution in [0.3, 0.4) is 0 Å². The number of hydrogen-bond acceptors (Lipinski definition) is 3. The Balaban J connectivity index is 1.68. The first-order valence-corrected chi connectivity index (χ1v) is 7.17. The summed E-state index contributed by atoms with van der Waals surface area (Å²) in [5.74, 6) is -0.430. The van der Waals surface area contributed by atoms with Crippen molar-refractivity contribution in [2.75, 3.05) is 0 Å². The Morgan fingerprint density at radius 2 is 2.32 bits per heavy atom. The topological polar surface area (TPSA) is 67.2 Å². The predicted molar refractivity (Wildman–Crippen MR) is 70.7 cm³/mol. The molecule has 0 aliphatic heterocycles. The number of carboxylic acid groups (broad SMARTS) is 1. The summed E-state index contributed by atoms with van der Waals surface area (Å²) in [6, 6.07) is 0.435. The fraction of sp³-hybridized carbons (Fsp3) is 0.714. The van der Waals surface area contributed by atoms with E-state index in [4.69, 9.17) is 0 Å². The number of carbonyl (C=O) groups is 1. The molecule has 0 amide bonds. The van der Waals surface area contributed by atoms with Gasteiger partial charge in [0.1, 0.15) is 5.54 Å². The number of imidazole rings is 1. The van der Waals surface area contributed by atoms with Crippen molar-refractivity contribution >= 4 is 5.97 Å². The summed E-state index contributed by atoms with van der Waals surface area (Å²) in [7, 11) is 0. The average molecular weight is 263 g/mol. The highest BCUT2D eigenvalue weighted by atomic mass is 16.4. The molecule has 1 heterocycles. The standard InChI is InChI=1S/C14H21N3O2/c18-13(19)14(16-12-3-4-12)6-1-2-11(14)5-8-17-9-7-15-10-17/h7,9-12,16H,1-6,8H2,(H,18,19). The number of nitrogens with zero attached hydrogens (tertiary/aromatic N) is 2. The van der Waals surface area contributed by atoms with E-state index in [1.807, 2.05) is 10.8 Å². The van der Waals surface area contributed by atoms with E-state index in [0.717, 1.165) is 45.1 Å².